The molecular weight excluding hydrogens is 997 g/mol. The van der Waals surface area contributed by atoms with Gasteiger partial charge in [0.25, 0.3) is 0 Å². The van der Waals surface area contributed by atoms with Crippen LogP contribution in [0.1, 0.15) is 329 Å². The summed E-state index contributed by atoms with van der Waals surface area (Å²) in [4.78, 5) is 38.4. The molecule has 0 N–H and O–H groups in total. The molecule has 0 spiro atoms. The second-order valence-electron chi connectivity index (χ2n) is 22.7. The minimum Gasteiger partial charge on any atom is -0.462 e. The van der Waals surface area contributed by atoms with Gasteiger partial charge in [-0.25, -0.2) is 0 Å². The van der Waals surface area contributed by atoms with Gasteiger partial charge in [-0.3, -0.25) is 14.4 Å². The van der Waals surface area contributed by atoms with Gasteiger partial charge in [0.1, 0.15) is 13.2 Å². The van der Waals surface area contributed by atoms with Crippen LogP contribution in [-0.2, 0) is 28.6 Å². The fraction of sp³-hybridized carbons (Fsp3) is 0.720. The Balaban J connectivity index is 4.39. The zero-order valence-electron chi connectivity index (χ0n) is 53.3. The van der Waals surface area contributed by atoms with Crippen LogP contribution < -0.4 is 0 Å². The Morgan fingerprint density at radius 3 is 0.765 bits per heavy atom. The largest absolute Gasteiger partial charge is 0.462 e. The second-order valence-corrected chi connectivity index (χ2v) is 22.7. The van der Waals surface area contributed by atoms with Crippen molar-refractivity contribution in [3.8, 4) is 0 Å². The molecule has 0 rings (SSSR count). The van der Waals surface area contributed by atoms with Crippen molar-refractivity contribution in [3.05, 3.63) is 109 Å². The molecule has 0 aliphatic carbocycles. The van der Waals surface area contributed by atoms with Crippen molar-refractivity contribution in [2.75, 3.05) is 13.2 Å². The molecular formula is C75H128O6. The first kappa shape index (κ1) is 77.1. The molecule has 81 heavy (non-hydrogen) atoms. The minimum absolute atomic E-state index is 0.0869. The number of hydrogen-bond acceptors (Lipinski definition) is 6. The molecule has 0 bridgehead atoms. The van der Waals surface area contributed by atoms with Crippen LogP contribution in [0.3, 0.4) is 0 Å². The average molecular weight is 1130 g/mol. The van der Waals surface area contributed by atoms with Crippen LogP contribution in [0.5, 0.6) is 0 Å². The molecule has 0 aliphatic rings. The van der Waals surface area contributed by atoms with E-state index in [0.717, 1.165) is 122 Å². The van der Waals surface area contributed by atoms with Crippen molar-refractivity contribution in [2.24, 2.45) is 0 Å². The minimum atomic E-state index is -0.792. The van der Waals surface area contributed by atoms with Gasteiger partial charge in [-0.05, 0) is 128 Å². The van der Waals surface area contributed by atoms with E-state index in [1.807, 2.05) is 0 Å². The summed E-state index contributed by atoms with van der Waals surface area (Å²) in [6, 6.07) is 0. The number of allylic oxidation sites excluding steroid dienone is 18. The van der Waals surface area contributed by atoms with Crippen LogP contribution in [0.25, 0.3) is 0 Å². The lowest BCUT2D eigenvalue weighted by Gasteiger charge is -2.18. The number of ether oxygens (including phenoxy) is 3. The molecule has 1 unspecified atom stereocenters. The van der Waals surface area contributed by atoms with Gasteiger partial charge in [-0.15, -0.1) is 0 Å². The van der Waals surface area contributed by atoms with Crippen LogP contribution in [0.2, 0.25) is 0 Å². The Labute approximate surface area is 501 Å². The summed E-state index contributed by atoms with van der Waals surface area (Å²) < 4.78 is 17.0. The van der Waals surface area contributed by atoms with Crippen molar-refractivity contribution >= 4 is 17.9 Å². The molecule has 0 fully saturated rings. The number of hydrogen-bond donors (Lipinski definition) is 0. The van der Waals surface area contributed by atoms with E-state index >= 15 is 0 Å². The topological polar surface area (TPSA) is 78.9 Å². The summed E-state index contributed by atoms with van der Waals surface area (Å²) in [5, 5.41) is 0. The lowest BCUT2D eigenvalue weighted by molar-refractivity contribution is -0.167. The molecule has 0 aliphatic heterocycles. The van der Waals surface area contributed by atoms with Gasteiger partial charge in [0, 0.05) is 19.3 Å². The van der Waals surface area contributed by atoms with Crippen LogP contribution in [-0.4, -0.2) is 37.2 Å². The maximum Gasteiger partial charge on any atom is 0.306 e. The highest BCUT2D eigenvalue weighted by Gasteiger charge is 2.19. The number of carbonyl (C=O) groups is 3. The summed E-state index contributed by atoms with van der Waals surface area (Å²) in [6.07, 6.45) is 93.8. The molecule has 464 valence electrons. The number of esters is 3. The predicted molar refractivity (Wildman–Crippen MR) is 353 cm³/mol. The van der Waals surface area contributed by atoms with Crippen LogP contribution in [0, 0.1) is 0 Å². The van der Waals surface area contributed by atoms with Crippen LogP contribution in [0.15, 0.2) is 109 Å². The van der Waals surface area contributed by atoms with Gasteiger partial charge in [-0.2, -0.15) is 0 Å². The third-order valence-corrected chi connectivity index (χ3v) is 14.7. The lowest BCUT2D eigenvalue weighted by atomic mass is 10.1. The summed E-state index contributed by atoms with van der Waals surface area (Å²) in [5.74, 6) is -0.897. The Morgan fingerprint density at radius 1 is 0.259 bits per heavy atom. The van der Waals surface area contributed by atoms with E-state index < -0.39 is 6.10 Å². The van der Waals surface area contributed by atoms with Crippen molar-refractivity contribution in [3.63, 3.8) is 0 Å². The van der Waals surface area contributed by atoms with E-state index in [-0.39, 0.29) is 31.1 Å². The first-order valence-corrected chi connectivity index (χ1v) is 34.4. The summed E-state index contributed by atoms with van der Waals surface area (Å²) in [6.45, 7) is 6.52. The Kier molecular flexibility index (Phi) is 65.2. The lowest BCUT2D eigenvalue weighted by Crippen LogP contribution is -2.30. The quantitative estimate of drug-likeness (QED) is 0.0261. The van der Waals surface area contributed by atoms with E-state index in [0.29, 0.717) is 19.3 Å². The van der Waals surface area contributed by atoms with Crippen molar-refractivity contribution < 1.29 is 28.6 Å². The molecule has 0 heterocycles. The first-order valence-electron chi connectivity index (χ1n) is 34.4. The second kappa shape index (κ2) is 68.6. The summed E-state index contributed by atoms with van der Waals surface area (Å²) >= 11 is 0. The van der Waals surface area contributed by atoms with E-state index in [1.165, 1.54) is 167 Å². The third kappa shape index (κ3) is 66.8. The van der Waals surface area contributed by atoms with Crippen molar-refractivity contribution in [1.29, 1.82) is 0 Å². The maximum absolute atomic E-state index is 13.0. The zero-order chi connectivity index (χ0) is 58.5. The van der Waals surface area contributed by atoms with Gasteiger partial charge < -0.3 is 14.2 Å². The molecule has 0 aromatic carbocycles. The molecule has 0 aromatic heterocycles. The molecule has 1 atom stereocenters. The monoisotopic (exact) mass is 1120 g/mol. The highest BCUT2D eigenvalue weighted by atomic mass is 16.6. The van der Waals surface area contributed by atoms with Crippen molar-refractivity contribution in [2.45, 2.75) is 335 Å². The van der Waals surface area contributed by atoms with E-state index in [1.54, 1.807) is 0 Å². The predicted octanol–water partition coefficient (Wildman–Crippen LogP) is 23.8. The smallest absolute Gasteiger partial charge is 0.306 e. The van der Waals surface area contributed by atoms with Gasteiger partial charge >= 0.3 is 17.9 Å². The Hall–Kier alpha value is -3.93. The number of unbranched alkanes of at least 4 members (excludes halogenated alkanes) is 33. The fourth-order valence-corrected chi connectivity index (χ4v) is 9.59. The molecule has 6 heteroatoms. The molecule has 0 radical (unpaired) electrons. The van der Waals surface area contributed by atoms with E-state index in [4.69, 9.17) is 14.2 Å². The van der Waals surface area contributed by atoms with E-state index in [2.05, 4.69) is 130 Å². The summed E-state index contributed by atoms with van der Waals surface area (Å²) in [5.41, 5.74) is 0. The van der Waals surface area contributed by atoms with Gasteiger partial charge in [0.15, 0.2) is 6.10 Å². The normalized spacial score (nSPS) is 12.8. The molecule has 0 aromatic rings. The first-order chi connectivity index (χ1) is 40.0. The average Bonchev–Trinajstić information content (AvgIpc) is 3.47. The summed E-state index contributed by atoms with van der Waals surface area (Å²) in [7, 11) is 0. The number of rotatable bonds is 62. The van der Waals surface area contributed by atoms with Gasteiger partial charge in [0.2, 0.25) is 0 Å². The van der Waals surface area contributed by atoms with Gasteiger partial charge in [0.05, 0.1) is 0 Å². The Morgan fingerprint density at radius 2 is 0.481 bits per heavy atom. The SMILES string of the molecule is CC/C=C\C/C=C\C/C=C\C/C=C\C/C=C\CCCCCCCCCCCC(=O)OCC(COC(=O)CCCCCCC/C=C\CCCCCCCC)OC(=O)CCCCCCCCCC/C=C\C/C=C\C/C=C\CCCCCCC. The number of carbonyl (C=O) groups excluding carboxylic acids is 3. The molecule has 0 saturated heterocycles. The van der Waals surface area contributed by atoms with E-state index in [9.17, 15) is 14.4 Å². The maximum atomic E-state index is 13.0. The van der Waals surface area contributed by atoms with Crippen LogP contribution in [0.4, 0.5) is 0 Å². The zero-order valence-corrected chi connectivity index (χ0v) is 53.3. The highest BCUT2D eigenvalue weighted by Crippen LogP contribution is 2.16. The van der Waals surface area contributed by atoms with Gasteiger partial charge in [-0.1, -0.05) is 291 Å². The van der Waals surface area contributed by atoms with Crippen molar-refractivity contribution in [1.82, 2.24) is 0 Å². The molecule has 6 nitrogen and oxygen atoms in total. The molecule has 0 amide bonds. The molecule has 0 saturated carbocycles. The van der Waals surface area contributed by atoms with Crippen LogP contribution >= 0.6 is 0 Å². The Bertz CT molecular complexity index is 1620. The highest BCUT2D eigenvalue weighted by molar-refractivity contribution is 5.71. The fourth-order valence-electron chi connectivity index (χ4n) is 9.59. The standard InChI is InChI=1S/C75H128O6/c1-4-7-10-13-16-19-22-25-28-30-32-34-36-37-39-40-42-44-47-50-53-56-59-62-65-68-74(77)80-71-72(70-79-73(76)67-64-61-58-55-52-49-46-27-24-21-18-15-12-9-6-3)81-75(78)69-66-63-60-57-54-51-48-45-43-41-38-35-33-31-29-26-23-20-17-14-11-8-5-2/h7,10,16,19,23,25-28,31-34,37-39,41,46,72H,4-6,8-9,11-15,17-18,20-22,24,29-30,35-36,40,42-45,47-71H2,1-3H3/b10-7-,19-16-,26-23-,28-25-,33-31-,34-32-,39-37-,41-38-,46-27-. The third-order valence-electron chi connectivity index (χ3n) is 14.7.